The smallest absolute Gasteiger partial charge is 0.129 e. The van der Waals surface area contributed by atoms with Gasteiger partial charge in [-0.2, -0.15) is 0 Å². The van der Waals surface area contributed by atoms with Crippen molar-refractivity contribution in [1.82, 2.24) is 14.8 Å². The summed E-state index contributed by atoms with van der Waals surface area (Å²) in [5.74, 6) is 0. The van der Waals surface area contributed by atoms with Crippen molar-refractivity contribution < 1.29 is 0 Å². The largest absolute Gasteiger partial charge is 0.278 e. The monoisotopic (exact) mass is 363 g/mol. The molecule has 4 rings (SSSR count). The summed E-state index contributed by atoms with van der Waals surface area (Å²) in [6.07, 6.45) is 2.01. The minimum atomic E-state index is 0.205. The lowest BCUT2D eigenvalue weighted by molar-refractivity contribution is 0.126. The Hall–Kier alpha value is -2.20. The quantitative estimate of drug-likeness (QED) is 0.610. The number of hydrogen-bond donors (Lipinski definition) is 0. The van der Waals surface area contributed by atoms with Gasteiger partial charge in [0.15, 0.2) is 0 Å². The first-order chi connectivity index (χ1) is 12.8. The number of benzene rings is 2. The van der Waals surface area contributed by atoms with Crippen LogP contribution < -0.4 is 0 Å². The maximum absolute atomic E-state index is 6.19. The van der Waals surface area contributed by atoms with Gasteiger partial charge in [0.05, 0.1) is 6.17 Å². The van der Waals surface area contributed by atoms with Gasteiger partial charge in [-0.05, 0) is 28.8 Å². The van der Waals surface area contributed by atoms with Gasteiger partial charge < -0.3 is 0 Å². The van der Waals surface area contributed by atoms with Crippen LogP contribution in [0.4, 0.5) is 0 Å². The third-order valence-electron chi connectivity index (χ3n) is 4.87. The topological polar surface area (TPSA) is 19.4 Å². The minimum absolute atomic E-state index is 0.205. The molecule has 2 heterocycles. The SMILES string of the molecule is Clc1cc(C2N(Cc3ccccc3)CCN2Cc2ccccc2)ccn1. The molecule has 0 radical (unpaired) electrons. The standard InChI is InChI=1S/C22H22ClN3/c23-21-15-20(11-12-24-21)22-25(16-18-7-3-1-4-8-18)13-14-26(22)17-19-9-5-2-6-10-19/h1-12,15,22H,13-14,16-17H2. The highest BCUT2D eigenvalue weighted by Crippen LogP contribution is 2.33. The second-order valence-electron chi connectivity index (χ2n) is 6.70. The van der Waals surface area contributed by atoms with E-state index in [9.17, 15) is 0 Å². The molecule has 0 saturated carbocycles. The average Bonchev–Trinajstić information content (AvgIpc) is 3.05. The maximum atomic E-state index is 6.19. The molecule has 1 aromatic heterocycles. The molecule has 0 spiro atoms. The van der Waals surface area contributed by atoms with Crippen LogP contribution in [-0.4, -0.2) is 27.9 Å². The van der Waals surface area contributed by atoms with Crippen LogP contribution >= 0.6 is 11.6 Å². The van der Waals surface area contributed by atoms with Crippen molar-refractivity contribution in [3.63, 3.8) is 0 Å². The summed E-state index contributed by atoms with van der Waals surface area (Å²) in [4.78, 5) is 9.19. The summed E-state index contributed by atoms with van der Waals surface area (Å²) >= 11 is 6.19. The van der Waals surface area contributed by atoms with E-state index in [0.29, 0.717) is 5.15 Å². The predicted octanol–water partition coefficient (Wildman–Crippen LogP) is 4.75. The molecular formula is C22H22ClN3. The maximum Gasteiger partial charge on any atom is 0.129 e. The summed E-state index contributed by atoms with van der Waals surface area (Å²) in [5.41, 5.74) is 3.87. The zero-order chi connectivity index (χ0) is 17.8. The van der Waals surface area contributed by atoms with Gasteiger partial charge in [0, 0.05) is 32.4 Å². The number of halogens is 1. The average molecular weight is 364 g/mol. The van der Waals surface area contributed by atoms with Crippen LogP contribution in [0.5, 0.6) is 0 Å². The van der Waals surface area contributed by atoms with Crippen LogP contribution in [0.1, 0.15) is 22.9 Å². The Labute approximate surface area is 159 Å². The molecule has 1 aliphatic rings. The molecule has 0 bridgehead atoms. The van der Waals surface area contributed by atoms with Crippen LogP contribution in [0.25, 0.3) is 0 Å². The summed E-state index contributed by atoms with van der Waals surface area (Å²) in [6.45, 7) is 3.92. The summed E-state index contributed by atoms with van der Waals surface area (Å²) < 4.78 is 0. The predicted molar refractivity (Wildman–Crippen MR) is 106 cm³/mol. The zero-order valence-corrected chi connectivity index (χ0v) is 15.4. The number of aromatic nitrogens is 1. The Bertz CT molecular complexity index is 789. The molecule has 4 heteroatoms. The van der Waals surface area contributed by atoms with E-state index in [0.717, 1.165) is 26.2 Å². The number of nitrogens with zero attached hydrogens (tertiary/aromatic N) is 3. The highest BCUT2D eigenvalue weighted by Gasteiger charge is 2.33. The molecule has 1 saturated heterocycles. The van der Waals surface area contributed by atoms with Gasteiger partial charge in [-0.1, -0.05) is 72.3 Å². The van der Waals surface area contributed by atoms with E-state index in [2.05, 4.69) is 81.5 Å². The molecule has 0 unspecified atom stereocenters. The minimum Gasteiger partial charge on any atom is -0.278 e. The van der Waals surface area contributed by atoms with Crippen molar-refractivity contribution in [3.8, 4) is 0 Å². The molecule has 3 aromatic rings. The molecule has 1 fully saturated rings. The fourth-order valence-corrected chi connectivity index (χ4v) is 3.88. The first-order valence-electron chi connectivity index (χ1n) is 8.97. The van der Waals surface area contributed by atoms with Crippen LogP contribution in [0.2, 0.25) is 5.15 Å². The Balaban J connectivity index is 1.61. The number of pyridine rings is 1. The van der Waals surface area contributed by atoms with E-state index in [1.54, 1.807) is 6.20 Å². The Morgan fingerprint density at radius 2 is 1.35 bits per heavy atom. The molecule has 3 nitrogen and oxygen atoms in total. The van der Waals surface area contributed by atoms with E-state index in [4.69, 9.17) is 11.6 Å². The third-order valence-corrected chi connectivity index (χ3v) is 5.08. The van der Waals surface area contributed by atoms with Gasteiger partial charge in [0.25, 0.3) is 0 Å². The van der Waals surface area contributed by atoms with E-state index >= 15 is 0 Å². The van der Waals surface area contributed by atoms with E-state index < -0.39 is 0 Å². The molecule has 132 valence electrons. The van der Waals surface area contributed by atoms with Gasteiger partial charge in [-0.3, -0.25) is 9.80 Å². The Morgan fingerprint density at radius 3 is 1.85 bits per heavy atom. The molecular weight excluding hydrogens is 342 g/mol. The second-order valence-corrected chi connectivity index (χ2v) is 7.08. The highest BCUT2D eigenvalue weighted by atomic mass is 35.5. The van der Waals surface area contributed by atoms with E-state index in [1.165, 1.54) is 16.7 Å². The first kappa shape index (κ1) is 17.2. The molecule has 0 N–H and O–H groups in total. The van der Waals surface area contributed by atoms with Crippen molar-refractivity contribution in [2.45, 2.75) is 19.3 Å². The lowest BCUT2D eigenvalue weighted by Gasteiger charge is -2.31. The first-order valence-corrected chi connectivity index (χ1v) is 9.35. The van der Waals surface area contributed by atoms with Crippen LogP contribution in [0.15, 0.2) is 79.0 Å². The molecule has 0 amide bonds. The van der Waals surface area contributed by atoms with Gasteiger partial charge in [-0.15, -0.1) is 0 Å². The van der Waals surface area contributed by atoms with Crippen LogP contribution in [-0.2, 0) is 13.1 Å². The molecule has 0 atom stereocenters. The van der Waals surface area contributed by atoms with E-state index in [-0.39, 0.29) is 6.17 Å². The molecule has 1 aliphatic heterocycles. The normalized spacial score (nSPS) is 16.2. The zero-order valence-electron chi connectivity index (χ0n) is 14.6. The van der Waals surface area contributed by atoms with Gasteiger partial charge in [0.2, 0.25) is 0 Å². The van der Waals surface area contributed by atoms with Gasteiger partial charge in [0.1, 0.15) is 5.15 Å². The lowest BCUT2D eigenvalue weighted by atomic mass is 10.1. The van der Waals surface area contributed by atoms with Crippen molar-refractivity contribution >= 4 is 11.6 Å². The van der Waals surface area contributed by atoms with Crippen LogP contribution in [0.3, 0.4) is 0 Å². The summed E-state index contributed by atoms with van der Waals surface area (Å²) in [5, 5.41) is 0.550. The van der Waals surface area contributed by atoms with Crippen molar-refractivity contribution in [2.24, 2.45) is 0 Å². The lowest BCUT2D eigenvalue weighted by Crippen LogP contribution is -2.30. The summed E-state index contributed by atoms with van der Waals surface area (Å²) in [6, 6.07) is 25.4. The second kappa shape index (κ2) is 8.00. The van der Waals surface area contributed by atoms with Crippen molar-refractivity contribution in [3.05, 3.63) is 101 Å². The van der Waals surface area contributed by atoms with Crippen molar-refractivity contribution in [1.29, 1.82) is 0 Å². The molecule has 2 aromatic carbocycles. The number of rotatable bonds is 5. The van der Waals surface area contributed by atoms with Gasteiger partial charge >= 0.3 is 0 Å². The fourth-order valence-electron chi connectivity index (χ4n) is 3.70. The molecule has 0 aliphatic carbocycles. The highest BCUT2D eigenvalue weighted by molar-refractivity contribution is 6.29. The van der Waals surface area contributed by atoms with Crippen LogP contribution in [0, 0.1) is 0 Å². The summed E-state index contributed by atoms with van der Waals surface area (Å²) in [7, 11) is 0. The van der Waals surface area contributed by atoms with Crippen molar-refractivity contribution in [2.75, 3.05) is 13.1 Å². The third kappa shape index (κ3) is 3.96. The Kier molecular flexibility index (Phi) is 5.30. The fraction of sp³-hybridized carbons (Fsp3) is 0.227. The molecule has 26 heavy (non-hydrogen) atoms. The van der Waals surface area contributed by atoms with E-state index in [1.807, 2.05) is 6.07 Å². The number of hydrogen-bond acceptors (Lipinski definition) is 3. The Morgan fingerprint density at radius 1 is 0.808 bits per heavy atom. The van der Waals surface area contributed by atoms with Gasteiger partial charge in [-0.25, -0.2) is 4.98 Å².